The molecule has 0 aromatic carbocycles. The molecule has 0 unspecified atom stereocenters. The smallest absolute Gasteiger partial charge is 0.304 e. The van der Waals surface area contributed by atoms with Crippen molar-refractivity contribution < 1.29 is 9.90 Å². The molecule has 0 saturated heterocycles. The first-order chi connectivity index (χ1) is 6.37. The van der Waals surface area contributed by atoms with Gasteiger partial charge in [-0.25, -0.2) is 0 Å². The van der Waals surface area contributed by atoms with Crippen molar-refractivity contribution in [2.24, 2.45) is 17.3 Å². The van der Waals surface area contributed by atoms with E-state index in [9.17, 15) is 4.79 Å². The number of carboxylic acids is 1. The zero-order valence-corrected chi connectivity index (χ0v) is 9.34. The Hall–Kier alpha value is -0.790. The molecule has 1 aliphatic rings. The Morgan fingerprint density at radius 1 is 1.71 bits per heavy atom. The van der Waals surface area contributed by atoms with Gasteiger partial charge in [-0.05, 0) is 30.1 Å². The SMILES string of the molecule is C=C1[C@H](C(C)C)CC[C@@]1(C)CC(=O)O. The van der Waals surface area contributed by atoms with Gasteiger partial charge < -0.3 is 5.11 Å². The second-order valence-corrected chi connectivity index (χ2v) is 5.05. The van der Waals surface area contributed by atoms with Gasteiger partial charge in [-0.15, -0.1) is 0 Å². The lowest BCUT2D eigenvalue weighted by atomic mass is 9.78. The Kier molecular flexibility index (Phi) is 3.03. The number of rotatable bonds is 3. The summed E-state index contributed by atoms with van der Waals surface area (Å²) in [6.45, 7) is 10.5. The summed E-state index contributed by atoms with van der Waals surface area (Å²) in [6, 6.07) is 0. The van der Waals surface area contributed by atoms with E-state index in [4.69, 9.17) is 5.11 Å². The Labute approximate surface area is 86.0 Å². The van der Waals surface area contributed by atoms with E-state index in [-0.39, 0.29) is 11.8 Å². The molecule has 0 aromatic heterocycles. The number of aliphatic carboxylic acids is 1. The van der Waals surface area contributed by atoms with E-state index in [2.05, 4.69) is 20.4 Å². The van der Waals surface area contributed by atoms with Crippen LogP contribution in [0.3, 0.4) is 0 Å². The second kappa shape index (κ2) is 3.76. The molecule has 0 aromatic rings. The van der Waals surface area contributed by atoms with Gasteiger partial charge in [0.15, 0.2) is 0 Å². The predicted octanol–water partition coefficient (Wildman–Crippen LogP) is 3.09. The van der Waals surface area contributed by atoms with Crippen LogP contribution in [0.25, 0.3) is 0 Å². The third kappa shape index (κ3) is 1.99. The first-order valence-electron chi connectivity index (χ1n) is 5.28. The van der Waals surface area contributed by atoms with Gasteiger partial charge in [-0.2, -0.15) is 0 Å². The van der Waals surface area contributed by atoms with E-state index in [0.29, 0.717) is 11.8 Å². The summed E-state index contributed by atoms with van der Waals surface area (Å²) in [6.07, 6.45) is 2.30. The van der Waals surface area contributed by atoms with Crippen molar-refractivity contribution in [2.75, 3.05) is 0 Å². The molecule has 14 heavy (non-hydrogen) atoms. The van der Waals surface area contributed by atoms with Crippen LogP contribution in [0.2, 0.25) is 0 Å². The highest BCUT2D eigenvalue weighted by molar-refractivity contribution is 5.68. The average Bonchev–Trinajstić information content (AvgIpc) is 2.27. The molecule has 1 rings (SSSR count). The lowest BCUT2D eigenvalue weighted by Gasteiger charge is -2.26. The maximum Gasteiger partial charge on any atom is 0.304 e. The molecule has 0 heterocycles. The fourth-order valence-corrected chi connectivity index (χ4v) is 2.53. The average molecular weight is 196 g/mol. The van der Waals surface area contributed by atoms with Gasteiger partial charge in [0.1, 0.15) is 0 Å². The molecule has 1 saturated carbocycles. The summed E-state index contributed by atoms with van der Waals surface area (Å²) in [4.78, 5) is 10.7. The molecule has 0 amide bonds. The highest BCUT2D eigenvalue weighted by Crippen LogP contribution is 2.50. The summed E-state index contributed by atoms with van der Waals surface area (Å²) < 4.78 is 0. The summed E-state index contributed by atoms with van der Waals surface area (Å²) in [7, 11) is 0. The van der Waals surface area contributed by atoms with Crippen LogP contribution in [0.15, 0.2) is 12.2 Å². The highest BCUT2D eigenvalue weighted by Gasteiger charge is 2.41. The maximum atomic E-state index is 10.7. The third-order valence-corrected chi connectivity index (χ3v) is 3.58. The van der Waals surface area contributed by atoms with Crippen LogP contribution < -0.4 is 0 Å². The van der Waals surface area contributed by atoms with Crippen LogP contribution in [-0.4, -0.2) is 11.1 Å². The molecule has 80 valence electrons. The zero-order chi connectivity index (χ0) is 10.9. The minimum Gasteiger partial charge on any atom is -0.481 e. The van der Waals surface area contributed by atoms with Gasteiger partial charge in [-0.3, -0.25) is 4.79 Å². The van der Waals surface area contributed by atoms with E-state index >= 15 is 0 Å². The summed E-state index contributed by atoms with van der Waals surface area (Å²) in [5.41, 5.74) is 0.982. The molecule has 1 N–H and O–H groups in total. The minimum absolute atomic E-state index is 0.166. The van der Waals surface area contributed by atoms with Crippen molar-refractivity contribution in [2.45, 2.75) is 40.0 Å². The van der Waals surface area contributed by atoms with Crippen LogP contribution in [0.1, 0.15) is 40.0 Å². The quantitative estimate of drug-likeness (QED) is 0.704. The van der Waals surface area contributed by atoms with Crippen molar-refractivity contribution in [1.82, 2.24) is 0 Å². The van der Waals surface area contributed by atoms with E-state index in [1.54, 1.807) is 0 Å². The molecule has 0 aliphatic heterocycles. The molecular weight excluding hydrogens is 176 g/mol. The number of hydrogen-bond acceptors (Lipinski definition) is 1. The molecule has 0 bridgehead atoms. The first-order valence-corrected chi connectivity index (χ1v) is 5.28. The molecule has 1 aliphatic carbocycles. The summed E-state index contributed by atoms with van der Waals surface area (Å²) in [5.74, 6) is 0.385. The normalized spacial score (nSPS) is 32.6. The van der Waals surface area contributed by atoms with E-state index in [1.165, 1.54) is 0 Å². The van der Waals surface area contributed by atoms with Gasteiger partial charge >= 0.3 is 5.97 Å². The number of carboxylic acid groups (broad SMARTS) is 1. The summed E-state index contributed by atoms with van der Waals surface area (Å²) >= 11 is 0. The Bertz CT molecular complexity index is 255. The van der Waals surface area contributed by atoms with Crippen molar-refractivity contribution in [3.8, 4) is 0 Å². The van der Waals surface area contributed by atoms with Crippen LogP contribution in [0, 0.1) is 17.3 Å². The lowest BCUT2D eigenvalue weighted by Crippen LogP contribution is -2.20. The Morgan fingerprint density at radius 3 is 2.64 bits per heavy atom. The molecule has 0 spiro atoms. The molecular formula is C12H20O2. The monoisotopic (exact) mass is 196 g/mol. The Balaban J connectivity index is 2.76. The topological polar surface area (TPSA) is 37.3 Å². The van der Waals surface area contributed by atoms with Gasteiger partial charge in [0.05, 0.1) is 6.42 Å². The molecule has 1 fully saturated rings. The molecule has 2 nitrogen and oxygen atoms in total. The predicted molar refractivity (Wildman–Crippen MR) is 57.1 cm³/mol. The van der Waals surface area contributed by atoms with Gasteiger partial charge in [0, 0.05) is 0 Å². The number of carbonyl (C=O) groups is 1. The fourth-order valence-electron chi connectivity index (χ4n) is 2.53. The molecule has 0 radical (unpaired) electrons. The van der Waals surface area contributed by atoms with Crippen molar-refractivity contribution >= 4 is 5.97 Å². The molecule has 2 atom stereocenters. The van der Waals surface area contributed by atoms with Crippen molar-refractivity contribution in [3.05, 3.63) is 12.2 Å². The van der Waals surface area contributed by atoms with Gasteiger partial charge in [0.2, 0.25) is 0 Å². The zero-order valence-electron chi connectivity index (χ0n) is 9.34. The Morgan fingerprint density at radius 2 is 2.29 bits per heavy atom. The van der Waals surface area contributed by atoms with Crippen molar-refractivity contribution in [1.29, 1.82) is 0 Å². The van der Waals surface area contributed by atoms with Gasteiger partial charge in [-0.1, -0.05) is 32.9 Å². The van der Waals surface area contributed by atoms with Crippen LogP contribution >= 0.6 is 0 Å². The minimum atomic E-state index is -0.710. The van der Waals surface area contributed by atoms with Crippen LogP contribution in [0.4, 0.5) is 0 Å². The van der Waals surface area contributed by atoms with E-state index < -0.39 is 5.97 Å². The highest BCUT2D eigenvalue weighted by atomic mass is 16.4. The second-order valence-electron chi connectivity index (χ2n) is 5.05. The number of allylic oxidation sites excluding steroid dienone is 1. The largest absolute Gasteiger partial charge is 0.481 e. The number of hydrogen-bond donors (Lipinski definition) is 1. The standard InChI is InChI=1S/C12H20O2/c1-8(2)10-5-6-12(4,9(10)3)7-11(13)14/h8,10H,3,5-7H2,1-2,4H3,(H,13,14)/t10-,12-/m0/s1. The fraction of sp³-hybridized carbons (Fsp3) is 0.750. The lowest BCUT2D eigenvalue weighted by molar-refractivity contribution is -0.138. The molecule has 2 heteroatoms. The van der Waals surface area contributed by atoms with Gasteiger partial charge in [0.25, 0.3) is 0 Å². The van der Waals surface area contributed by atoms with Crippen LogP contribution in [0.5, 0.6) is 0 Å². The summed E-state index contributed by atoms with van der Waals surface area (Å²) in [5, 5.41) is 8.84. The van der Waals surface area contributed by atoms with Crippen LogP contribution in [-0.2, 0) is 4.79 Å². The first kappa shape index (κ1) is 11.3. The van der Waals surface area contributed by atoms with E-state index in [1.807, 2.05) is 6.92 Å². The van der Waals surface area contributed by atoms with E-state index in [0.717, 1.165) is 18.4 Å². The third-order valence-electron chi connectivity index (χ3n) is 3.58. The van der Waals surface area contributed by atoms with Crippen molar-refractivity contribution in [3.63, 3.8) is 0 Å². The maximum absolute atomic E-state index is 10.7.